The van der Waals surface area contributed by atoms with E-state index in [1.165, 1.54) is 6.20 Å². The molecule has 0 bridgehead atoms. The van der Waals surface area contributed by atoms with Crippen LogP contribution in [-0.4, -0.2) is 15.5 Å². The van der Waals surface area contributed by atoms with Crippen molar-refractivity contribution in [2.45, 2.75) is 19.9 Å². The number of hydrogen-bond donors (Lipinski definition) is 1. The Morgan fingerprint density at radius 1 is 1.47 bits per heavy atom. The molecule has 2 aromatic heterocycles. The number of nitrogens with one attached hydrogen (secondary N) is 1. The molecule has 0 radical (unpaired) electrons. The normalized spacial score (nSPS) is 10.8. The third-order valence-corrected chi connectivity index (χ3v) is 3.25. The summed E-state index contributed by atoms with van der Waals surface area (Å²) < 4.78 is 2.78. The highest BCUT2D eigenvalue weighted by Gasteiger charge is 2.15. The van der Waals surface area contributed by atoms with E-state index in [9.17, 15) is 4.79 Å². The molecule has 6 heteroatoms. The molecule has 0 aromatic carbocycles. The van der Waals surface area contributed by atoms with E-state index in [4.69, 9.17) is 11.6 Å². The van der Waals surface area contributed by atoms with Gasteiger partial charge in [0.1, 0.15) is 10.8 Å². The number of carbonyl (C=O) groups is 1. The molecule has 0 saturated carbocycles. The van der Waals surface area contributed by atoms with Crippen molar-refractivity contribution in [2.75, 3.05) is 5.32 Å². The lowest BCUT2D eigenvalue weighted by atomic mass is 10.3. The average molecular weight is 343 g/mol. The molecule has 19 heavy (non-hydrogen) atoms. The largest absolute Gasteiger partial charge is 0.340 e. The minimum absolute atomic E-state index is 0.177. The molecule has 2 rings (SSSR count). The van der Waals surface area contributed by atoms with Crippen LogP contribution in [0.5, 0.6) is 0 Å². The molecule has 4 nitrogen and oxygen atoms in total. The van der Waals surface area contributed by atoms with Gasteiger partial charge in [-0.1, -0.05) is 11.6 Å². The Morgan fingerprint density at radius 3 is 2.79 bits per heavy atom. The van der Waals surface area contributed by atoms with Crippen molar-refractivity contribution in [1.82, 2.24) is 9.55 Å². The summed E-state index contributed by atoms with van der Waals surface area (Å²) in [7, 11) is 0. The number of nitrogens with zero attached hydrogens (tertiary/aromatic N) is 2. The fraction of sp³-hybridized carbons (Fsp3) is 0.231. The number of anilines is 1. The first-order valence-corrected chi connectivity index (χ1v) is 6.94. The van der Waals surface area contributed by atoms with Gasteiger partial charge in [-0.05, 0) is 48.0 Å². The Labute approximate surface area is 124 Å². The number of pyridine rings is 1. The van der Waals surface area contributed by atoms with Crippen LogP contribution in [0.4, 0.5) is 5.69 Å². The first kappa shape index (κ1) is 14.1. The standard InChI is InChI=1S/C13H13BrClN3O/c1-8(2)18-7-9(14)5-11(18)13(19)17-10-3-4-12(15)16-6-10/h3-8H,1-2H3,(H,17,19). The van der Waals surface area contributed by atoms with Crippen molar-refractivity contribution >= 4 is 39.1 Å². The van der Waals surface area contributed by atoms with Crippen LogP contribution in [0.1, 0.15) is 30.4 Å². The molecule has 0 aliphatic heterocycles. The van der Waals surface area contributed by atoms with Crippen LogP contribution in [0.2, 0.25) is 5.15 Å². The maximum Gasteiger partial charge on any atom is 0.272 e. The van der Waals surface area contributed by atoms with Crippen molar-refractivity contribution in [2.24, 2.45) is 0 Å². The van der Waals surface area contributed by atoms with Gasteiger partial charge in [0.2, 0.25) is 0 Å². The molecule has 0 aliphatic rings. The van der Waals surface area contributed by atoms with Gasteiger partial charge in [-0.25, -0.2) is 4.98 Å². The Balaban J connectivity index is 2.22. The lowest BCUT2D eigenvalue weighted by Gasteiger charge is -2.12. The van der Waals surface area contributed by atoms with Crippen LogP contribution in [0.25, 0.3) is 0 Å². The van der Waals surface area contributed by atoms with Crippen LogP contribution < -0.4 is 5.32 Å². The summed E-state index contributed by atoms with van der Waals surface area (Å²) in [6, 6.07) is 5.34. The van der Waals surface area contributed by atoms with Crippen LogP contribution in [0.15, 0.2) is 35.1 Å². The first-order chi connectivity index (χ1) is 8.97. The minimum atomic E-state index is -0.177. The Hall–Kier alpha value is -1.33. The van der Waals surface area contributed by atoms with Crippen LogP contribution in [-0.2, 0) is 0 Å². The molecule has 1 amide bonds. The molecule has 1 N–H and O–H groups in total. The van der Waals surface area contributed by atoms with Gasteiger partial charge in [-0.2, -0.15) is 0 Å². The fourth-order valence-corrected chi connectivity index (χ4v) is 2.25. The molecular formula is C13H13BrClN3O. The monoisotopic (exact) mass is 341 g/mol. The Kier molecular flexibility index (Phi) is 4.27. The molecule has 0 aliphatic carbocycles. The molecule has 2 heterocycles. The van der Waals surface area contributed by atoms with Crippen molar-refractivity contribution in [3.05, 3.63) is 45.9 Å². The Morgan fingerprint density at radius 2 is 2.21 bits per heavy atom. The summed E-state index contributed by atoms with van der Waals surface area (Å²) in [5, 5.41) is 3.19. The second kappa shape index (κ2) is 5.75. The predicted octanol–water partition coefficient (Wildman–Crippen LogP) is 4.13. The third kappa shape index (κ3) is 3.36. The summed E-state index contributed by atoms with van der Waals surface area (Å²) in [6.07, 6.45) is 3.41. The summed E-state index contributed by atoms with van der Waals surface area (Å²) in [4.78, 5) is 16.1. The van der Waals surface area contributed by atoms with Gasteiger partial charge in [-0.15, -0.1) is 0 Å². The molecule has 0 saturated heterocycles. The van der Waals surface area contributed by atoms with E-state index in [-0.39, 0.29) is 11.9 Å². The second-order valence-electron chi connectivity index (χ2n) is 4.37. The molecule has 0 unspecified atom stereocenters. The molecule has 0 spiro atoms. The zero-order valence-corrected chi connectivity index (χ0v) is 12.9. The third-order valence-electron chi connectivity index (χ3n) is 2.59. The highest BCUT2D eigenvalue weighted by molar-refractivity contribution is 9.10. The number of aromatic nitrogens is 2. The summed E-state index contributed by atoms with van der Waals surface area (Å²) in [6.45, 7) is 4.04. The summed E-state index contributed by atoms with van der Waals surface area (Å²) in [5.41, 5.74) is 1.21. The molecule has 0 atom stereocenters. The number of carbonyl (C=O) groups excluding carboxylic acids is 1. The van der Waals surface area contributed by atoms with Crippen molar-refractivity contribution in [1.29, 1.82) is 0 Å². The van der Waals surface area contributed by atoms with Gasteiger partial charge in [0, 0.05) is 16.7 Å². The van der Waals surface area contributed by atoms with E-state index in [1.54, 1.807) is 18.2 Å². The smallest absolute Gasteiger partial charge is 0.272 e. The van der Waals surface area contributed by atoms with Crippen LogP contribution >= 0.6 is 27.5 Å². The zero-order chi connectivity index (χ0) is 14.0. The van der Waals surface area contributed by atoms with E-state index in [0.717, 1.165) is 4.47 Å². The molecular weight excluding hydrogens is 330 g/mol. The zero-order valence-electron chi connectivity index (χ0n) is 10.5. The minimum Gasteiger partial charge on any atom is -0.340 e. The van der Waals surface area contributed by atoms with Gasteiger partial charge in [0.05, 0.1) is 11.9 Å². The van der Waals surface area contributed by atoms with E-state index in [1.807, 2.05) is 24.6 Å². The lowest BCUT2D eigenvalue weighted by molar-refractivity contribution is 0.101. The van der Waals surface area contributed by atoms with E-state index >= 15 is 0 Å². The quantitative estimate of drug-likeness (QED) is 0.852. The molecule has 2 aromatic rings. The van der Waals surface area contributed by atoms with Crippen molar-refractivity contribution < 1.29 is 4.79 Å². The highest BCUT2D eigenvalue weighted by Crippen LogP contribution is 2.20. The van der Waals surface area contributed by atoms with E-state index < -0.39 is 0 Å². The summed E-state index contributed by atoms with van der Waals surface area (Å²) >= 11 is 9.09. The van der Waals surface area contributed by atoms with Crippen molar-refractivity contribution in [3.8, 4) is 0 Å². The number of amides is 1. The van der Waals surface area contributed by atoms with Gasteiger partial charge in [0.15, 0.2) is 0 Å². The number of hydrogen-bond acceptors (Lipinski definition) is 2. The predicted molar refractivity (Wildman–Crippen MR) is 79.7 cm³/mol. The lowest BCUT2D eigenvalue weighted by Crippen LogP contribution is -2.17. The first-order valence-electron chi connectivity index (χ1n) is 5.77. The average Bonchev–Trinajstić information content (AvgIpc) is 2.74. The van der Waals surface area contributed by atoms with Gasteiger partial charge in [-0.3, -0.25) is 4.79 Å². The van der Waals surface area contributed by atoms with E-state index in [0.29, 0.717) is 16.5 Å². The molecule has 100 valence electrons. The topological polar surface area (TPSA) is 46.9 Å². The fourth-order valence-electron chi connectivity index (χ4n) is 1.70. The van der Waals surface area contributed by atoms with Gasteiger partial charge in [0.25, 0.3) is 5.91 Å². The highest BCUT2D eigenvalue weighted by atomic mass is 79.9. The number of rotatable bonds is 3. The maximum absolute atomic E-state index is 12.2. The maximum atomic E-state index is 12.2. The van der Waals surface area contributed by atoms with E-state index in [2.05, 4.69) is 26.2 Å². The van der Waals surface area contributed by atoms with Crippen LogP contribution in [0.3, 0.4) is 0 Å². The summed E-state index contributed by atoms with van der Waals surface area (Å²) in [5.74, 6) is -0.177. The number of halogens is 2. The Bertz CT molecular complexity index is 592. The van der Waals surface area contributed by atoms with Crippen molar-refractivity contribution in [3.63, 3.8) is 0 Å². The SMILES string of the molecule is CC(C)n1cc(Br)cc1C(=O)Nc1ccc(Cl)nc1. The molecule has 0 fully saturated rings. The van der Waals surface area contributed by atoms with Gasteiger partial charge < -0.3 is 9.88 Å². The van der Waals surface area contributed by atoms with Crippen LogP contribution in [0, 0.1) is 0 Å². The second-order valence-corrected chi connectivity index (χ2v) is 5.67. The van der Waals surface area contributed by atoms with Gasteiger partial charge >= 0.3 is 0 Å².